The van der Waals surface area contributed by atoms with Crippen LogP contribution in [0.25, 0.3) is 0 Å². The Morgan fingerprint density at radius 1 is 1.19 bits per heavy atom. The molecule has 0 aromatic heterocycles. The van der Waals surface area contributed by atoms with Gasteiger partial charge in [0.25, 0.3) is 0 Å². The van der Waals surface area contributed by atoms with Crippen LogP contribution >= 0.6 is 0 Å². The van der Waals surface area contributed by atoms with Crippen LogP contribution in [0.2, 0.25) is 0 Å². The van der Waals surface area contributed by atoms with Crippen molar-refractivity contribution in [1.29, 1.82) is 0 Å². The Labute approximate surface area is 98.2 Å². The van der Waals surface area contributed by atoms with Crippen molar-refractivity contribution in [3.05, 3.63) is 0 Å². The first-order valence-corrected chi connectivity index (χ1v) is 5.54. The molecule has 0 aliphatic heterocycles. The Hall–Kier alpha value is -1.61. The molecule has 0 fully saturated rings. The van der Waals surface area contributed by atoms with E-state index < -0.39 is 6.09 Å². The first-order chi connectivity index (χ1) is 7.76. The molecule has 3 heteroatoms. The Morgan fingerprint density at radius 2 is 1.81 bits per heavy atom. The Bertz CT molecular complexity index is 257. The van der Waals surface area contributed by atoms with Crippen LogP contribution in [0.5, 0.6) is 0 Å². The normalized spacial score (nSPS) is 8.94. The van der Waals surface area contributed by atoms with Gasteiger partial charge in [-0.3, -0.25) is 4.90 Å². The van der Waals surface area contributed by atoms with E-state index in [9.17, 15) is 4.79 Å². The second-order valence-corrected chi connectivity index (χ2v) is 3.44. The third-order valence-corrected chi connectivity index (χ3v) is 2.05. The van der Waals surface area contributed by atoms with E-state index in [1.165, 1.54) is 4.90 Å². The minimum atomic E-state index is -0.424. The summed E-state index contributed by atoms with van der Waals surface area (Å²) in [7, 11) is 0. The average Bonchev–Trinajstić information content (AvgIpc) is 2.28. The van der Waals surface area contributed by atoms with Crippen LogP contribution in [-0.2, 0) is 4.74 Å². The summed E-state index contributed by atoms with van der Waals surface area (Å²) in [6.45, 7) is 2.95. The van der Waals surface area contributed by atoms with Crippen LogP contribution in [0.15, 0.2) is 0 Å². The van der Waals surface area contributed by atoms with Crippen molar-refractivity contribution in [3.63, 3.8) is 0 Å². The van der Waals surface area contributed by atoms with Gasteiger partial charge in [-0.05, 0) is 6.42 Å². The van der Waals surface area contributed by atoms with E-state index in [0.717, 1.165) is 25.7 Å². The first kappa shape index (κ1) is 14.4. The number of carbonyl (C=O) groups is 1. The van der Waals surface area contributed by atoms with Crippen LogP contribution in [-0.4, -0.2) is 30.7 Å². The monoisotopic (exact) mass is 221 g/mol. The van der Waals surface area contributed by atoms with E-state index in [1.54, 1.807) is 0 Å². The topological polar surface area (TPSA) is 29.5 Å². The van der Waals surface area contributed by atoms with Gasteiger partial charge >= 0.3 is 6.09 Å². The molecule has 0 heterocycles. The smallest absolute Gasteiger partial charge is 0.411 e. The summed E-state index contributed by atoms with van der Waals surface area (Å²) >= 11 is 0. The van der Waals surface area contributed by atoms with Gasteiger partial charge in [-0.15, -0.1) is 12.8 Å². The number of ether oxygens (including phenoxy) is 1. The summed E-state index contributed by atoms with van der Waals surface area (Å²) in [6.07, 6.45) is 14.1. The number of rotatable bonds is 7. The van der Waals surface area contributed by atoms with Gasteiger partial charge in [0.2, 0.25) is 0 Å². The molecule has 0 saturated carbocycles. The number of hydrogen-bond donors (Lipinski definition) is 0. The highest BCUT2D eigenvalue weighted by molar-refractivity contribution is 5.68. The predicted molar refractivity (Wildman–Crippen MR) is 64.7 cm³/mol. The molecule has 88 valence electrons. The molecule has 0 saturated heterocycles. The van der Waals surface area contributed by atoms with E-state index in [4.69, 9.17) is 17.6 Å². The number of nitrogens with zero attached hydrogens (tertiary/aromatic N) is 1. The Kier molecular flexibility index (Phi) is 8.93. The lowest BCUT2D eigenvalue weighted by Crippen LogP contribution is -2.32. The number of hydrogen-bond acceptors (Lipinski definition) is 2. The van der Waals surface area contributed by atoms with Crippen LogP contribution in [0.3, 0.4) is 0 Å². The van der Waals surface area contributed by atoms with E-state index in [1.807, 2.05) is 0 Å². The molecule has 0 radical (unpaired) electrons. The highest BCUT2D eigenvalue weighted by Crippen LogP contribution is 2.00. The van der Waals surface area contributed by atoms with Crippen molar-refractivity contribution in [2.24, 2.45) is 0 Å². The molecular weight excluding hydrogens is 202 g/mol. The molecule has 1 amide bonds. The fourth-order valence-electron chi connectivity index (χ4n) is 1.18. The quantitative estimate of drug-likeness (QED) is 0.487. The van der Waals surface area contributed by atoms with E-state index in [0.29, 0.717) is 6.61 Å². The molecule has 0 rings (SSSR count). The Morgan fingerprint density at radius 3 is 2.31 bits per heavy atom. The lowest BCUT2D eigenvalue weighted by Gasteiger charge is -2.16. The standard InChI is InChI=1S/C13H19NO2/c1-4-7-8-9-12-16-13(15)14(10-5-2)11-6-3/h2-3H,4,7-12H2,1H3. The highest BCUT2D eigenvalue weighted by atomic mass is 16.6. The maximum atomic E-state index is 11.5. The maximum Gasteiger partial charge on any atom is 0.411 e. The van der Waals surface area contributed by atoms with Crippen molar-refractivity contribution in [2.45, 2.75) is 32.6 Å². The minimum Gasteiger partial charge on any atom is -0.449 e. The molecule has 0 aliphatic rings. The van der Waals surface area contributed by atoms with Crippen LogP contribution in [0, 0.1) is 24.7 Å². The van der Waals surface area contributed by atoms with E-state index >= 15 is 0 Å². The third kappa shape index (κ3) is 6.79. The van der Waals surface area contributed by atoms with Crippen molar-refractivity contribution in [2.75, 3.05) is 19.7 Å². The fraction of sp³-hybridized carbons (Fsp3) is 0.615. The fourth-order valence-corrected chi connectivity index (χ4v) is 1.18. The molecule has 0 aromatic rings. The van der Waals surface area contributed by atoms with Gasteiger partial charge in [-0.1, -0.05) is 38.0 Å². The molecule has 0 spiro atoms. The zero-order valence-corrected chi connectivity index (χ0v) is 9.87. The number of terminal acetylenes is 2. The highest BCUT2D eigenvalue weighted by Gasteiger charge is 2.11. The van der Waals surface area contributed by atoms with Gasteiger partial charge in [0, 0.05) is 0 Å². The van der Waals surface area contributed by atoms with Crippen molar-refractivity contribution < 1.29 is 9.53 Å². The molecule has 3 nitrogen and oxygen atoms in total. The summed E-state index contributed by atoms with van der Waals surface area (Å²) in [5.74, 6) is 4.75. The molecule has 0 aliphatic carbocycles. The zero-order valence-electron chi connectivity index (χ0n) is 9.87. The van der Waals surface area contributed by atoms with Crippen LogP contribution < -0.4 is 0 Å². The molecule has 0 bridgehead atoms. The summed E-state index contributed by atoms with van der Waals surface area (Å²) in [5.41, 5.74) is 0. The SMILES string of the molecule is C#CCN(CC#C)C(=O)OCCCCCC. The minimum absolute atomic E-state index is 0.192. The molecule has 0 N–H and O–H groups in total. The second-order valence-electron chi connectivity index (χ2n) is 3.44. The van der Waals surface area contributed by atoms with Crippen molar-refractivity contribution >= 4 is 6.09 Å². The van der Waals surface area contributed by atoms with Gasteiger partial charge in [-0.25, -0.2) is 4.79 Å². The largest absolute Gasteiger partial charge is 0.449 e. The summed E-state index contributed by atoms with van der Waals surface area (Å²) in [4.78, 5) is 12.8. The lowest BCUT2D eigenvalue weighted by atomic mass is 10.2. The van der Waals surface area contributed by atoms with Crippen LogP contribution in [0.1, 0.15) is 32.6 Å². The van der Waals surface area contributed by atoms with Crippen LogP contribution in [0.4, 0.5) is 4.79 Å². The van der Waals surface area contributed by atoms with Gasteiger partial charge in [0.15, 0.2) is 0 Å². The van der Waals surface area contributed by atoms with Gasteiger partial charge < -0.3 is 4.74 Å². The Balaban J connectivity index is 3.76. The number of unbranched alkanes of at least 4 members (excludes halogenated alkanes) is 3. The average molecular weight is 221 g/mol. The summed E-state index contributed by atoms with van der Waals surface area (Å²) in [5, 5.41) is 0. The first-order valence-electron chi connectivity index (χ1n) is 5.54. The zero-order chi connectivity index (χ0) is 12.2. The van der Waals surface area contributed by atoms with Gasteiger partial charge in [0.1, 0.15) is 0 Å². The van der Waals surface area contributed by atoms with Gasteiger partial charge in [0.05, 0.1) is 19.7 Å². The predicted octanol–water partition coefficient (Wildman–Crippen LogP) is 2.27. The van der Waals surface area contributed by atoms with Gasteiger partial charge in [-0.2, -0.15) is 0 Å². The lowest BCUT2D eigenvalue weighted by molar-refractivity contribution is 0.109. The van der Waals surface area contributed by atoms with Crippen molar-refractivity contribution in [3.8, 4) is 24.7 Å². The van der Waals surface area contributed by atoms with E-state index in [-0.39, 0.29) is 13.1 Å². The number of amides is 1. The molecule has 0 aromatic carbocycles. The summed E-state index contributed by atoms with van der Waals surface area (Å²) < 4.78 is 5.05. The van der Waals surface area contributed by atoms with E-state index in [2.05, 4.69) is 18.8 Å². The second kappa shape index (κ2) is 9.93. The molecule has 0 atom stereocenters. The maximum absolute atomic E-state index is 11.5. The molecule has 16 heavy (non-hydrogen) atoms. The molecule has 0 unspecified atom stereocenters. The van der Waals surface area contributed by atoms with Crippen molar-refractivity contribution in [1.82, 2.24) is 4.90 Å². The third-order valence-electron chi connectivity index (χ3n) is 2.05. The molecular formula is C13H19NO2. The number of carbonyl (C=O) groups excluding carboxylic acids is 1. The summed E-state index contributed by atoms with van der Waals surface area (Å²) in [6, 6.07) is 0.